The molecule has 168 valence electrons. The maximum Gasteiger partial charge on any atom is 0.339 e. The van der Waals surface area contributed by atoms with Crippen LogP contribution >= 0.6 is 11.3 Å². The fourth-order valence-electron chi connectivity index (χ4n) is 4.58. The van der Waals surface area contributed by atoms with Crippen molar-refractivity contribution in [2.24, 2.45) is 5.92 Å². The number of carbonyl (C=O) groups excluding carboxylic acids is 2. The van der Waals surface area contributed by atoms with Gasteiger partial charge in [0.2, 0.25) is 0 Å². The predicted molar refractivity (Wildman–Crippen MR) is 131 cm³/mol. The molecule has 2 aromatic heterocycles. The average Bonchev–Trinajstić information content (AvgIpc) is 3.18. The first kappa shape index (κ1) is 21.5. The van der Waals surface area contributed by atoms with Gasteiger partial charge in [-0.25, -0.2) is 9.78 Å². The van der Waals surface area contributed by atoms with E-state index >= 15 is 0 Å². The highest BCUT2D eigenvalue weighted by Crippen LogP contribution is 2.32. The summed E-state index contributed by atoms with van der Waals surface area (Å²) in [6.45, 7) is 5.85. The van der Waals surface area contributed by atoms with E-state index in [-0.39, 0.29) is 6.61 Å². The molecule has 1 unspecified atom stereocenters. The molecule has 2 heterocycles. The van der Waals surface area contributed by atoms with Crippen LogP contribution in [0, 0.1) is 19.8 Å². The molecule has 2 aromatic carbocycles. The largest absolute Gasteiger partial charge is 0.452 e. The number of anilines is 1. The van der Waals surface area contributed by atoms with Crippen molar-refractivity contribution < 1.29 is 14.3 Å². The van der Waals surface area contributed by atoms with Gasteiger partial charge in [-0.15, -0.1) is 0 Å². The zero-order chi connectivity index (χ0) is 23.1. The second-order valence-corrected chi connectivity index (χ2v) is 9.88. The Hall–Kier alpha value is -3.32. The molecule has 7 heteroatoms. The molecule has 0 spiro atoms. The summed E-state index contributed by atoms with van der Waals surface area (Å²) in [4.78, 5) is 35.0. The van der Waals surface area contributed by atoms with Crippen molar-refractivity contribution >= 4 is 49.5 Å². The van der Waals surface area contributed by atoms with E-state index in [0.717, 1.165) is 62.8 Å². The topological polar surface area (TPSA) is 81.2 Å². The van der Waals surface area contributed by atoms with Crippen molar-refractivity contribution in [1.82, 2.24) is 9.97 Å². The van der Waals surface area contributed by atoms with Crippen LogP contribution in [-0.2, 0) is 22.4 Å². The number of rotatable bonds is 4. The summed E-state index contributed by atoms with van der Waals surface area (Å²) in [6, 6.07) is 11.7. The van der Waals surface area contributed by atoms with E-state index in [1.54, 1.807) is 0 Å². The third-order valence-corrected chi connectivity index (χ3v) is 7.04. The number of hydrogen-bond acceptors (Lipinski definition) is 6. The smallest absolute Gasteiger partial charge is 0.339 e. The second kappa shape index (κ2) is 8.56. The molecule has 0 fully saturated rings. The summed E-state index contributed by atoms with van der Waals surface area (Å²) in [5.41, 5.74) is 6.33. The summed E-state index contributed by atoms with van der Waals surface area (Å²) in [6.07, 6.45) is 2.68. The van der Waals surface area contributed by atoms with Crippen molar-refractivity contribution in [3.05, 3.63) is 64.3 Å². The SMILES string of the molecule is Cc1cc(C)c2nc(NC(=O)COC(=O)c3c4c(nc5ccccc35)CCC(C)C4)sc2c1. The highest BCUT2D eigenvalue weighted by atomic mass is 32.1. The van der Waals surface area contributed by atoms with Crippen LogP contribution in [0.15, 0.2) is 36.4 Å². The number of nitrogens with zero attached hydrogens (tertiary/aromatic N) is 2. The van der Waals surface area contributed by atoms with Gasteiger partial charge >= 0.3 is 5.97 Å². The van der Waals surface area contributed by atoms with Crippen LogP contribution < -0.4 is 5.32 Å². The van der Waals surface area contributed by atoms with Gasteiger partial charge in [-0.1, -0.05) is 42.5 Å². The lowest BCUT2D eigenvalue weighted by atomic mass is 9.84. The van der Waals surface area contributed by atoms with Crippen LogP contribution in [0.5, 0.6) is 0 Å². The highest BCUT2D eigenvalue weighted by molar-refractivity contribution is 7.22. The molecule has 1 aliphatic carbocycles. The van der Waals surface area contributed by atoms with Gasteiger partial charge in [-0.05, 0) is 67.9 Å². The Balaban J connectivity index is 1.36. The maximum absolute atomic E-state index is 13.2. The number of nitrogens with one attached hydrogen (secondary N) is 1. The molecule has 0 bridgehead atoms. The third kappa shape index (κ3) is 4.20. The quantitative estimate of drug-likeness (QED) is 0.414. The van der Waals surface area contributed by atoms with E-state index in [9.17, 15) is 9.59 Å². The molecule has 0 saturated heterocycles. The first-order chi connectivity index (χ1) is 15.9. The van der Waals surface area contributed by atoms with E-state index in [0.29, 0.717) is 16.6 Å². The highest BCUT2D eigenvalue weighted by Gasteiger charge is 2.26. The zero-order valence-corrected chi connectivity index (χ0v) is 19.7. The number of ether oxygens (including phenoxy) is 1. The molecule has 1 N–H and O–H groups in total. The van der Waals surface area contributed by atoms with E-state index in [1.165, 1.54) is 11.3 Å². The molecule has 1 atom stereocenters. The first-order valence-electron chi connectivity index (χ1n) is 11.1. The molecule has 6 nitrogen and oxygen atoms in total. The Morgan fingerprint density at radius 2 is 2.00 bits per heavy atom. The van der Waals surface area contributed by atoms with E-state index in [4.69, 9.17) is 9.72 Å². The number of thiazole rings is 1. The minimum absolute atomic E-state index is 0.367. The van der Waals surface area contributed by atoms with E-state index in [1.807, 2.05) is 44.2 Å². The molecule has 0 saturated carbocycles. The summed E-state index contributed by atoms with van der Waals surface area (Å²) < 4.78 is 6.50. The Bertz CT molecular complexity index is 1410. The van der Waals surface area contributed by atoms with Crippen molar-refractivity contribution in [1.29, 1.82) is 0 Å². The average molecular weight is 460 g/mol. The Kier molecular flexibility index (Phi) is 5.58. The molecular formula is C26H25N3O3S. The number of benzene rings is 2. The minimum Gasteiger partial charge on any atom is -0.452 e. The number of aromatic nitrogens is 2. The summed E-state index contributed by atoms with van der Waals surface area (Å²) in [5, 5.41) is 4.04. The fourth-order valence-corrected chi connectivity index (χ4v) is 5.64. The number of para-hydroxylation sites is 1. The Morgan fingerprint density at radius 1 is 1.18 bits per heavy atom. The van der Waals surface area contributed by atoms with Crippen molar-refractivity contribution in [3.8, 4) is 0 Å². The van der Waals surface area contributed by atoms with E-state index < -0.39 is 11.9 Å². The molecule has 0 aliphatic heterocycles. The lowest BCUT2D eigenvalue weighted by Crippen LogP contribution is -2.23. The number of amides is 1. The third-order valence-electron chi connectivity index (χ3n) is 6.12. The van der Waals surface area contributed by atoms with Gasteiger partial charge in [0.05, 0.1) is 21.3 Å². The number of hydrogen-bond donors (Lipinski definition) is 1. The lowest BCUT2D eigenvalue weighted by molar-refractivity contribution is -0.119. The monoisotopic (exact) mass is 459 g/mol. The van der Waals surface area contributed by atoms with Gasteiger partial charge < -0.3 is 4.74 Å². The Morgan fingerprint density at radius 3 is 2.85 bits per heavy atom. The molecular weight excluding hydrogens is 434 g/mol. The van der Waals surface area contributed by atoms with Gasteiger partial charge in [0, 0.05) is 11.1 Å². The van der Waals surface area contributed by atoms with Crippen molar-refractivity contribution in [3.63, 3.8) is 0 Å². The number of pyridine rings is 1. The first-order valence-corrected chi connectivity index (χ1v) is 12.0. The van der Waals surface area contributed by atoms with Gasteiger partial charge in [0.15, 0.2) is 11.7 Å². The van der Waals surface area contributed by atoms with Crippen molar-refractivity contribution in [2.75, 3.05) is 11.9 Å². The number of aryl methyl sites for hydroxylation is 3. The molecule has 33 heavy (non-hydrogen) atoms. The van der Waals surface area contributed by atoms with E-state index in [2.05, 4.69) is 23.3 Å². The minimum atomic E-state index is -0.482. The number of esters is 1. The van der Waals surface area contributed by atoms with Gasteiger partial charge in [-0.3, -0.25) is 15.1 Å². The van der Waals surface area contributed by atoms with Gasteiger partial charge in [-0.2, -0.15) is 0 Å². The maximum atomic E-state index is 13.2. The summed E-state index contributed by atoms with van der Waals surface area (Å²) in [7, 11) is 0. The standard InChI is InChI=1S/C26H25N3O3S/c1-14-8-9-20-18(11-14)23(17-6-4-5-7-19(17)27-20)25(31)32-13-22(30)28-26-29-24-16(3)10-15(2)12-21(24)33-26/h4-7,10,12,14H,8-9,11,13H2,1-3H3,(H,28,29,30). The second-order valence-electron chi connectivity index (χ2n) is 8.85. The molecule has 5 rings (SSSR count). The molecule has 1 amide bonds. The van der Waals surface area contributed by atoms with Crippen LogP contribution in [0.2, 0.25) is 0 Å². The van der Waals surface area contributed by atoms with Gasteiger partial charge in [0.1, 0.15) is 0 Å². The van der Waals surface area contributed by atoms with Crippen LogP contribution in [0.4, 0.5) is 5.13 Å². The Labute approximate surface area is 196 Å². The lowest BCUT2D eigenvalue weighted by Gasteiger charge is -2.24. The van der Waals surface area contributed by atoms with Crippen LogP contribution in [-0.4, -0.2) is 28.5 Å². The molecule has 1 aliphatic rings. The fraction of sp³-hybridized carbons (Fsp3) is 0.308. The van der Waals surface area contributed by atoms with Crippen LogP contribution in [0.3, 0.4) is 0 Å². The number of fused-ring (bicyclic) bond motifs is 3. The summed E-state index contributed by atoms with van der Waals surface area (Å²) >= 11 is 1.41. The molecule has 4 aromatic rings. The van der Waals surface area contributed by atoms with Crippen LogP contribution in [0.25, 0.3) is 21.1 Å². The van der Waals surface area contributed by atoms with Crippen molar-refractivity contribution in [2.45, 2.75) is 40.0 Å². The zero-order valence-electron chi connectivity index (χ0n) is 18.9. The normalized spacial score (nSPS) is 15.4. The predicted octanol–water partition coefficient (Wildman–Crippen LogP) is 5.38. The summed E-state index contributed by atoms with van der Waals surface area (Å²) in [5.74, 6) is -0.413. The molecule has 0 radical (unpaired) electrons. The van der Waals surface area contributed by atoms with Crippen LogP contribution in [0.1, 0.15) is 46.1 Å². The van der Waals surface area contributed by atoms with Gasteiger partial charge in [0.25, 0.3) is 5.91 Å². The number of carbonyl (C=O) groups is 2.